The summed E-state index contributed by atoms with van der Waals surface area (Å²) in [6, 6.07) is 3.91. The van der Waals surface area contributed by atoms with E-state index >= 15 is 0 Å². The Morgan fingerprint density at radius 2 is 2.29 bits per heavy atom. The predicted octanol–water partition coefficient (Wildman–Crippen LogP) is 2.67. The summed E-state index contributed by atoms with van der Waals surface area (Å²) in [7, 11) is 0. The van der Waals surface area contributed by atoms with Gasteiger partial charge in [0.25, 0.3) is 0 Å². The van der Waals surface area contributed by atoms with Gasteiger partial charge >= 0.3 is 0 Å². The Morgan fingerprint density at radius 3 is 2.90 bits per heavy atom. The summed E-state index contributed by atoms with van der Waals surface area (Å²) < 4.78 is 0. The van der Waals surface area contributed by atoms with Crippen molar-refractivity contribution in [3.05, 3.63) is 28.5 Å². The zero-order valence-corrected chi connectivity index (χ0v) is 13.3. The molecule has 0 spiro atoms. The highest BCUT2D eigenvalue weighted by Crippen LogP contribution is 2.31. The molecule has 2 heterocycles. The van der Waals surface area contributed by atoms with Gasteiger partial charge in [-0.15, -0.1) is 11.3 Å². The second kappa shape index (κ2) is 6.70. The number of aryl methyl sites for hydroxylation is 1. The number of carbonyl (C=O) groups excluding carboxylic acids is 1. The Bertz CT molecular complexity index is 754. The van der Waals surface area contributed by atoms with E-state index in [1.807, 2.05) is 6.07 Å². The van der Waals surface area contributed by atoms with Crippen LogP contribution in [0.1, 0.15) is 18.7 Å². The Labute approximate surface area is 130 Å². The van der Waals surface area contributed by atoms with Crippen molar-refractivity contribution >= 4 is 39.1 Å². The van der Waals surface area contributed by atoms with Gasteiger partial charge in [-0.25, -0.2) is 9.97 Å². The summed E-state index contributed by atoms with van der Waals surface area (Å²) >= 11 is 2.94. The molecule has 0 aliphatic heterocycles. The lowest BCUT2D eigenvalue weighted by Gasteiger charge is -2.02. The Balaban J connectivity index is 2.21. The molecule has 2 aromatic rings. The molecule has 0 aliphatic carbocycles. The van der Waals surface area contributed by atoms with E-state index in [1.165, 1.54) is 23.0 Å². The standard InChI is InChI=1S/C14H14N4OS2/c1-3-9-4-10-13(17-7-18-14(10)21-9)20-6-12(19)11(5-15)8(2)16/h4,7H,3,6,16H2,1-2H3/b11-8+. The molecule has 7 heteroatoms. The highest BCUT2D eigenvalue weighted by Gasteiger charge is 2.14. The van der Waals surface area contributed by atoms with E-state index in [0.29, 0.717) is 0 Å². The minimum atomic E-state index is -0.278. The van der Waals surface area contributed by atoms with Gasteiger partial charge in [0.05, 0.1) is 5.75 Å². The predicted molar refractivity (Wildman–Crippen MR) is 85.0 cm³/mol. The van der Waals surface area contributed by atoms with Crippen LogP contribution in [-0.4, -0.2) is 21.5 Å². The number of aromatic nitrogens is 2. The number of thiophene rings is 1. The number of nitrogens with zero attached hydrogens (tertiary/aromatic N) is 3. The number of nitrogens with two attached hydrogens (primary N) is 1. The fourth-order valence-electron chi connectivity index (χ4n) is 1.75. The average Bonchev–Trinajstić information content (AvgIpc) is 2.89. The maximum Gasteiger partial charge on any atom is 0.185 e. The van der Waals surface area contributed by atoms with Crippen molar-refractivity contribution in [1.29, 1.82) is 5.26 Å². The molecule has 0 saturated heterocycles. The molecule has 0 unspecified atom stereocenters. The minimum absolute atomic E-state index is 0.0207. The van der Waals surface area contributed by atoms with E-state index in [4.69, 9.17) is 11.0 Å². The summed E-state index contributed by atoms with van der Waals surface area (Å²) in [6.07, 6.45) is 2.44. The van der Waals surface area contributed by atoms with Crippen molar-refractivity contribution in [2.75, 3.05) is 5.75 Å². The summed E-state index contributed by atoms with van der Waals surface area (Å²) in [6.45, 7) is 3.64. The number of Topliss-reactive ketones (excluding diaryl/α,β-unsaturated/α-hetero) is 1. The number of thioether (sulfide) groups is 1. The molecular weight excluding hydrogens is 304 g/mol. The SMILES string of the molecule is CCc1cc2c(SCC(=O)/C(C#N)=C(\C)N)ncnc2s1. The number of hydrogen-bond donors (Lipinski definition) is 1. The van der Waals surface area contributed by atoms with Gasteiger partial charge in [0, 0.05) is 16.0 Å². The van der Waals surface area contributed by atoms with E-state index in [2.05, 4.69) is 23.0 Å². The monoisotopic (exact) mass is 318 g/mol. The van der Waals surface area contributed by atoms with Crippen molar-refractivity contribution in [1.82, 2.24) is 9.97 Å². The van der Waals surface area contributed by atoms with Crippen molar-refractivity contribution in [3.63, 3.8) is 0 Å². The lowest BCUT2D eigenvalue weighted by atomic mass is 10.2. The quantitative estimate of drug-likeness (QED) is 0.394. The largest absolute Gasteiger partial charge is 0.401 e. The molecule has 108 valence electrons. The van der Waals surface area contributed by atoms with E-state index in [0.717, 1.165) is 21.7 Å². The van der Waals surface area contributed by atoms with Crippen LogP contribution < -0.4 is 5.73 Å². The van der Waals surface area contributed by atoms with Crippen LogP contribution in [0.25, 0.3) is 10.2 Å². The van der Waals surface area contributed by atoms with Crippen LogP contribution in [0.4, 0.5) is 0 Å². The zero-order chi connectivity index (χ0) is 15.4. The fraction of sp³-hybridized carbons (Fsp3) is 0.286. The van der Waals surface area contributed by atoms with Gasteiger partial charge < -0.3 is 5.73 Å². The number of fused-ring (bicyclic) bond motifs is 1. The van der Waals surface area contributed by atoms with E-state index in [-0.39, 0.29) is 22.8 Å². The molecule has 0 radical (unpaired) electrons. The van der Waals surface area contributed by atoms with Crippen LogP contribution in [0.15, 0.2) is 28.7 Å². The van der Waals surface area contributed by atoms with Crippen LogP contribution in [0.3, 0.4) is 0 Å². The first-order valence-electron chi connectivity index (χ1n) is 6.32. The van der Waals surface area contributed by atoms with Gasteiger partial charge in [0.2, 0.25) is 0 Å². The van der Waals surface area contributed by atoms with Gasteiger partial charge in [0.1, 0.15) is 27.8 Å². The van der Waals surface area contributed by atoms with Crippen molar-refractivity contribution in [2.24, 2.45) is 5.73 Å². The third-order valence-corrected chi connectivity index (χ3v) is 5.01. The normalized spacial score (nSPS) is 12.0. The van der Waals surface area contributed by atoms with Crippen molar-refractivity contribution in [2.45, 2.75) is 25.3 Å². The number of carbonyl (C=O) groups is 1. The van der Waals surface area contributed by atoms with Crippen molar-refractivity contribution < 1.29 is 4.79 Å². The van der Waals surface area contributed by atoms with Crippen LogP contribution in [0.2, 0.25) is 0 Å². The van der Waals surface area contributed by atoms with Crippen LogP contribution >= 0.6 is 23.1 Å². The number of ketones is 1. The molecule has 0 aliphatic rings. The summed E-state index contributed by atoms with van der Waals surface area (Å²) in [4.78, 5) is 22.6. The molecule has 2 rings (SSSR count). The second-order valence-electron chi connectivity index (χ2n) is 4.35. The van der Waals surface area contributed by atoms with E-state index < -0.39 is 0 Å². The molecule has 2 aromatic heterocycles. The molecule has 0 aromatic carbocycles. The van der Waals surface area contributed by atoms with Gasteiger partial charge in [0.15, 0.2) is 5.78 Å². The van der Waals surface area contributed by atoms with Gasteiger partial charge in [-0.2, -0.15) is 5.26 Å². The van der Waals surface area contributed by atoms with E-state index in [9.17, 15) is 4.79 Å². The first-order valence-corrected chi connectivity index (χ1v) is 8.12. The maximum absolute atomic E-state index is 12.0. The molecule has 2 N–H and O–H groups in total. The third-order valence-electron chi connectivity index (χ3n) is 2.82. The summed E-state index contributed by atoms with van der Waals surface area (Å²) in [5.74, 6) is -0.138. The first kappa shape index (κ1) is 15.5. The summed E-state index contributed by atoms with van der Waals surface area (Å²) in [5, 5.41) is 10.7. The number of rotatable bonds is 5. The molecular formula is C14H14N4OS2. The third kappa shape index (κ3) is 3.40. The molecule has 0 amide bonds. The molecule has 0 fully saturated rings. The van der Waals surface area contributed by atoms with E-state index in [1.54, 1.807) is 18.3 Å². The molecule has 5 nitrogen and oxygen atoms in total. The number of nitriles is 1. The van der Waals surface area contributed by atoms with Crippen LogP contribution in [-0.2, 0) is 11.2 Å². The van der Waals surface area contributed by atoms with Crippen LogP contribution in [0, 0.1) is 11.3 Å². The first-order chi connectivity index (χ1) is 10.1. The Morgan fingerprint density at radius 1 is 1.52 bits per heavy atom. The average molecular weight is 318 g/mol. The van der Waals surface area contributed by atoms with Gasteiger partial charge in [-0.1, -0.05) is 18.7 Å². The number of allylic oxidation sites excluding steroid dienone is 2. The second-order valence-corrected chi connectivity index (χ2v) is 6.42. The lowest BCUT2D eigenvalue weighted by Crippen LogP contribution is -2.10. The molecule has 0 atom stereocenters. The minimum Gasteiger partial charge on any atom is -0.401 e. The van der Waals surface area contributed by atoms with Crippen molar-refractivity contribution in [3.8, 4) is 6.07 Å². The van der Waals surface area contributed by atoms with Crippen LogP contribution in [0.5, 0.6) is 0 Å². The smallest absolute Gasteiger partial charge is 0.185 e. The Kier molecular flexibility index (Phi) is 4.94. The van der Waals surface area contributed by atoms with Gasteiger partial charge in [-0.3, -0.25) is 4.79 Å². The maximum atomic E-state index is 12.0. The molecule has 0 saturated carbocycles. The summed E-state index contributed by atoms with van der Waals surface area (Å²) in [5.41, 5.74) is 5.80. The topological polar surface area (TPSA) is 92.7 Å². The zero-order valence-electron chi connectivity index (χ0n) is 11.7. The molecule has 21 heavy (non-hydrogen) atoms. The van der Waals surface area contributed by atoms with Gasteiger partial charge in [-0.05, 0) is 19.4 Å². The highest BCUT2D eigenvalue weighted by atomic mass is 32.2. The highest BCUT2D eigenvalue weighted by molar-refractivity contribution is 8.00. The lowest BCUT2D eigenvalue weighted by molar-refractivity contribution is -0.112. The Hall–Kier alpha value is -1.91. The molecule has 0 bridgehead atoms. The fourth-order valence-corrected chi connectivity index (χ4v) is 3.59. The number of hydrogen-bond acceptors (Lipinski definition) is 7.